The third-order valence-corrected chi connectivity index (χ3v) is 7.08. The molecule has 0 bridgehead atoms. The Morgan fingerprint density at radius 3 is 2.43 bits per heavy atom. The highest BCUT2D eigenvalue weighted by atomic mass is 35.5. The first-order valence-corrected chi connectivity index (χ1v) is 11.3. The quantitative estimate of drug-likeness (QED) is 0.472. The summed E-state index contributed by atoms with van der Waals surface area (Å²) in [5.74, 6) is -0.959. The van der Waals surface area contributed by atoms with E-state index in [2.05, 4.69) is 0 Å². The van der Waals surface area contributed by atoms with E-state index in [1.54, 1.807) is 24.3 Å². The minimum Gasteiger partial charge on any atom is -0.496 e. The lowest BCUT2D eigenvalue weighted by molar-refractivity contribution is 0.0474. The molecule has 0 N–H and O–H groups in total. The van der Waals surface area contributed by atoms with Gasteiger partial charge in [0.15, 0.2) is 6.61 Å². The van der Waals surface area contributed by atoms with Gasteiger partial charge in [0, 0.05) is 13.1 Å². The Hall–Kier alpha value is -2.42. The van der Waals surface area contributed by atoms with Crippen LogP contribution in [0.25, 0.3) is 0 Å². The van der Waals surface area contributed by atoms with Crippen molar-refractivity contribution >= 4 is 33.4 Å². The number of benzene rings is 2. The van der Waals surface area contributed by atoms with Gasteiger partial charge in [-0.25, -0.2) is 13.2 Å². The molecular weight excluding hydrogens is 430 g/mol. The molecule has 0 atom stereocenters. The zero-order chi connectivity index (χ0) is 21.7. The summed E-state index contributed by atoms with van der Waals surface area (Å²) < 4.78 is 37.4. The second kappa shape index (κ2) is 9.59. The second-order valence-corrected chi connectivity index (χ2v) is 9.15. The molecule has 0 amide bonds. The van der Waals surface area contributed by atoms with E-state index < -0.39 is 28.4 Å². The van der Waals surface area contributed by atoms with Gasteiger partial charge in [0.05, 0.1) is 28.2 Å². The zero-order valence-electron chi connectivity index (χ0n) is 16.5. The molecule has 1 heterocycles. The molecule has 1 saturated heterocycles. The van der Waals surface area contributed by atoms with Crippen LogP contribution in [0.4, 0.5) is 0 Å². The van der Waals surface area contributed by atoms with Gasteiger partial charge in [-0.3, -0.25) is 4.79 Å². The predicted molar refractivity (Wildman–Crippen MR) is 112 cm³/mol. The van der Waals surface area contributed by atoms with Crippen LogP contribution in [0.15, 0.2) is 47.4 Å². The summed E-state index contributed by atoms with van der Waals surface area (Å²) in [7, 11) is -2.30. The molecule has 0 aliphatic carbocycles. The van der Waals surface area contributed by atoms with E-state index in [9.17, 15) is 18.0 Å². The molecule has 2 aromatic carbocycles. The van der Waals surface area contributed by atoms with Crippen molar-refractivity contribution in [3.8, 4) is 5.75 Å². The predicted octanol–water partition coefficient (Wildman–Crippen LogP) is 3.56. The van der Waals surface area contributed by atoms with Crippen molar-refractivity contribution in [3.63, 3.8) is 0 Å². The normalized spacial score (nSPS) is 14.9. The summed E-state index contributed by atoms with van der Waals surface area (Å²) in [6.07, 6.45) is 2.59. The zero-order valence-corrected chi connectivity index (χ0v) is 18.0. The van der Waals surface area contributed by atoms with Crippen LogP contribution in [0.1, 0.15) is 40.0 Å². The van der Waals surface area contributed by atoms with Gasteiger partial charge in [-0.15, -0.1) is 0 Å². The Balaban J connectivity index is 1.76. The highest BCUT2D eigenvalue weighted by Crippen LogP contribution is 2.26. The number of hydrogen-bond donors (Lipinski definition) is 0. The van der Waals surface area contributed by atoms with Crippen molar-refractivity contribution in [3.05, 3.63) is 58.6 Å². The Morgan fingerprint density at radius 2 is 1.73 bits per heavy atom. The first kappa shape index (κ1) is 22.3. The summed E-state index contributed by atoms with van der Waals surface area (Å²) in [6.45, 7) is 0.356. The fourth-order valence-electron chi connectivity index (χ4n) is 3.24. The lowest BCUT2D eigenvalue weighted by Crippen LogP contribution is -2.35. The van der Waals surface area contributed by atoms with Gasteiger partial charge in [-0.05, 0) is 43.2 Å². The third kappa shape index (κ3) is 4.83. The van der Waals surface area contributed by atoms with Gasteiger partial charge in [0.25, 0.3) is 0 Å². The topological polar surface area (TPSA) is 90.0 Å². The number of sulfonamides is 1. The minimum atomic E-state index is -3.73. The number of carbonyl (C=O) groups is 2. The van der Waals surface area contributed by atoms with E-state index in [1.807, 2.05) is 0 Å². The maximum absolute atomic E-state index is 12.9. The maximum Gasteiger partial charge on any atom is 0.340 e. The molecule has 2 aromatic rings. The Morgan fingerprint density at radius 1 is 1.03 bits per heavy atom. The van der Waals surface area contributed by atoms with Crippen LogP contribution in [0.2, 0.25) is 5.02 Å². The largest absolute Gasteiger partial charge is 0.496 e. The van der Waals surface area contributed by atoms with Crippen LogP contribution < -0.4 is 4.74 Å². The lowest BCUT2D eigenvalue weighted by Gasteiger charge is -2.26. The molecule has 0 saturated carbocycles. The van der Waals surface area contributed by atoms with Crippen LogP contribution in [0.3, 0.4) is 0 Å². The molecule has 0 unspecified atom stereocenters. The first-order chi connectivity index (χ1) is 14.3. The van der Waals surface area contributed by atoms with Crippen molar-refractivity contribution < 1.29 is 27.5 Å². The van der Waals surface area contributed by atoms with Gasteiger partial charge in [-0.2, -0.15) is 4.31 Å². The highest BCUT2D eigenvalue weighted by molar-refractivity contribution is 7.89. The van der Waals surface area contributed by atoms with Gasteiger partial charge in [0.2, 0.25) is 15.8 Å². The van der Waals surface area contributed by atoms with Gasteiger partial charge >= 0.3 is 5.97 Å². The SMILES string of the molecule is COc1ccccc1C(=O)COC(=O)c1cc(S(=O)(=O)N2CCCCC2)ccc1Cl. The molecule has 1 fully saturated rings. The smallest absolute Gasteiger partial charge is 0.340 e. The molecule has 3 rings (SSSR count). The molecule has 1 aliphatic rings. The molecule has 0 aromatic heterocycles. The number of hydrogen-bond acceptors (Lipinski definition) is 6. The average molecular weight is 452 g/mol. The van der Waals surface area contributed by atoms with E-state index in [-0.39, 0.29) is 21.0 Å². The molecule has 30 heavy (non-hydrogen) atoms. The molecule has 1 aliphatic heterocycles. The number of Topliss-reactive ketones (excluding diaryl/α,β-unsaturated/α-hetero) is 1. The number of rotatable bonds is 7. The summed E-state index contributed by atoms with van der Waals surface area (Å²) in [5.41, 5.74) is 0.169. The molecular formula is C21H22ClNO6S. The molecule has 160 valence electrons. The fraction of sp³-hybridized carbons (Fsp3) is 0.333. The van der Waals surface area contributed by atoms with Gasteiger partial charge in [-0.1, -0.05) is 30.2 Å². The van der Waals surface area contributed by atoms with Crippen molar-refractivity contribution in [2.24, 2.45) is 0 Å². The van der Waals surface area contributed by atoms with Crippen molar-refractivity contribution in [1.82, 2.24) is 4.31 Å². The Bertz CT molecular complexity index is 1050. The Labute approximate surface area is 180 Å². The number of piperidine rings is 1. The van der Waals surface area contributed by atoms with Crippen LogP contribution in [-0.2, 0) is 14.8 Å². The number of ether oxygens (including phenoxy) is 2. The van der Waals surface area contributed by atoms with E-state index in [1.165, 1.54) is 29.6 Å². The second-order valence-electron chi connectivity index (χ2n) is 6.81. The Kier molecular flexibility index (Phi) is 7.12. The summed E-state index contributed by atoms with van der Waals surface area (Å²) in [4.78, 5) is 24.9. The van der Waals surface area contributed by atoms with Crippen LogP contribution in [-0.4, -0.2) is 51.3 Å². The van der Waals surface area contributed by atoms with E-state index in [0.717, 1.165) is 19.3 Å². The number of carbonyl (C=O) groups excluding carboxylic acids is 2. The van der Waals surface area contributed by atoms with Crippen molar-refractivity contribution in [2.45, 2.75) is 24.2 Å². The minimum absolute atomic E-state index is 0.0307. The van der Waals surface area contributed by atoms with Crippen LogP contribution in [0.5, 0.6) is 5.75 Å². The van der Waals surface area contributed by atoms with E-state index in [0.29, 0.717) is 18.8 Å². The summed E-state index contributed by atoms with van der Waals surface area (Å²) >= 11 is 6.09. The molecule has 7 nitrogen and oxygen atoms in total. The molecule has 0 spiro atoms. The van der Waals surface area contributed by atoms with E-state index >= 15 is 0 Å². The monoisotopic (exact) mass is 451 g/mol. The van der Waals surface area contributed by atoms with Crippen LogP contribution in [0, 0.1) is 0 Å². The molecule has 0 radical (unpaired) electrons. The number of nitrogens with zero attached hydrogens (tertiary/aromatic N) is 1. The van der Waals surface area contributed by atoms with E-state index in [4.69, 9.17) is 21.1 Å². The number of halogens is 1. The lowest BCUT2D eigenvalue weighted by atomic mass is 10.1. The number of methoxy groups -OCH3 is 1. The standard InChI is InChI=1S/C21H22ClNO6S/c1-28-20-8-4-3-7-16(20)19(24)14-29-21(25)17-13-15(9-10-18(17)22)30(26,27)23-11-5-2-6-12-23/h3-4,7-10,13H,2,5-6,11-12,14H2,1H3. The summed E-state index contributed by atoms with van der Waals surface area (Å²) in [5, 5.41) is 0.0438. The average Bonchev–Trinajstić information content (AvgIpc) is 2.77. The molecule has 9 heteroatoms. The number of ketones is 1. The van der Waals surface area contributed by atoms with Gasteiger partial charge < -0.3 is 9.47 Å². The fourth-order valence-corrected chi connectivity index (χ4v) is 4.98. The maximum atomic E-state index is 12.9. The number of esters is 1. The summed E-state index contributed by atoms with van der Waals surface area (Å²) in [6, 6.07) is 10.5. The van der Waals surface area contributed by atoms with Gasteiger partial charge in [0.1, 0.15) is 5.75 Å². The van der Waals surface area contributed by atoms with Crippen molar-refractivity contribution in [2.75, 3.05) is 26.8 Å². The third-order valence-electron chi connectivity index (χ3n) is 4.85. The van der Waals surface area contributed by atoms with Crippen LogP contribution >= 0.6 is 11.6 Å². The number of para-hydroxylation sites is 1. The highest BCUT2D eigenvalue weighted by Gasteiger charge is 2.27. The van der Waals surface area contributed by atoms with Crippen molar-refractivity contribution in [1.29, 1.82) is 0 Å². The first-order valence-electron chi connectivity index (χ1n) is 9.47.